The summed E-state index contributed by atoms with van der Waals surface area (Å²) in [4.78, 5) is 11.8. The third-order valence-corrected chi connectivity index (χ3v) is 2.21. The van der Waals surface area contributed by atoms with E-state index in [2.05, 4.69) is 15.0 Å². The summed E-state index contributed by atoms with van der Waals surface area (Å²) in [5, 5.41) is 5.86. The Morgan fingerprint density at radius 3 is 2.94 bits per heavy atom. The van der Waals surface area contributed by atoms with Crippen molar-refractivity contribution in [2.75, 3.05) is 11.1 Å². The molecule has 0 spiro atoms. The van der Waals surface area contributed by atoms with Crippen molar-refractivity contribution in [3.63, 3.8) is 0 Å². The number of hydrogen-bond donors (Lipinski definition) is 2. The molecule has 2 rings (SSSR count). The van der Waals surface area contributed by atoms with E-state index in [-0.39, 0.29) is 5.56 Å². The van der Waals surface area contributed by atoms with E-state index >= 15 is 0 Å². The number of nitrogens with one attached hydrogen (secondary N) is 1. The van der Waals surface area contributed by atoms with E-state index in [4.69, 9.17) is 5.73 Å². The standard InChI is InChI=1S/C11H10FN3O2/c1-6-2-7(13)3-9(10(6)12)11(16)15-8-4-14-17-5-8/h2-5H,13H2,1H3,(H,15,16). The number of benzene rings is 1. The number of nitrogens with two attached hydrogens (primary N) is 1. The molecule has 0 radical (unpaired) electrons. The summed E-state index contributed by atoms with van der Waals surface area (Å²) in [5.41, 5.74) is 6.46. The molecule has 0 aliphatic rings. The van der Waals surface area contributed by atoms with Crippen molar-refractivity contribution < 1.29 is 13.7 Å². The average Bonchev–Trinajstić information content (AvgIpc) is 2.76. The van der Waals surface area contributed by atoms with Crippen LogP contribution in [0.25, 0.3) is 0 Å². The molecule has 0 aliphatic heterocycles. The molecule has 3 N–H and O–H groups in total. The minimum Gasteiger partial charge on any atom is -0.399 e. The maximum Gasteiger partial charge on any atom is 0.258 e. The van der Waals surface area contributed by atoms with Gasteiger partial charge >= 0.3 is 0 Å². The molecule has 1 amide bonds. The van der Waals surface area contributed by atoms with Crippen LogP contribution >= 0.6 is 0 Å². The largest absolute Gasteiger partial charge is 0.399 e. The van der Waals surface area contributed by atoms with Gasteiger partial charge in [-0.1, -0.05) is 5.16 Å². The van der Waals surface area contributed by atoms with Crippen molar-refractivity contribution in [2.45, 2.75) is 6.92 Å². The fourth-order valence-electron chi connectivity index (χ4n) is 1.43. The lowest BCUT2D eigenvalue weighted by atomic mass is 10.1. The number of carbonyl (C=O) groups excluding carboxylic acids is 1. The molecule has 0 unspecified atom stereocenters. The predicted molar refractivity (Wildman–Crippen MR) is 60.0 cm³/mol. The van der Waals surface area contributed by atoms with Gasteiger partial charge in [0.25, 0.3) is 5.91 Å². The molecule has 5 nitrogen and oxygen atoms in total. The van der Waals surface area contributed by atoms with Gasteiger partial charge < -0.3 is 15.6 Å². The number of nitrogens with zero attached hydrogens (tertiary/aromatic N) is 1. The van der Waals surface area contributed by atoms with Gasteiger partial charge in [0.2, 0.25) is 0 Å². The van der Waals surface area contributed by atoms with Crippen LogP contribution in [0.15, 0.2) is 29.1 Å². The summed E-state index contributed by atoms with van der Waals surface area (Å²) >= 11 is 0. The van der Waals surface area contributed by atoms with Gasteiger partial charge in [-0.2, -0.15) is 0 Å². The van der Waals surface area contributed by atoms with Crippen molar-refractivity contribution in [3.05, 3.63) is 41.5 Å². The monoisotopic (exact) mass is 235 g/mol. The van der Waals surface area contributed by atoms with E-state index in [0.29, 0.717) is 16.9 Å². The van der Waals surface area contributed by atoms with Crippen LogP contribution in [0.2, 0.25) is 0 Å². The Kier molecular flexibility index (Phi) is 2.78. The first-order valence-corrected chi connectivity index (χ1v) is 4.84. The Morgan fingerprint density at radius 2 is 2.29 bits per heavy atom. The van der Waals surface area contributed by atoms with Crippen molar-refractivity contribution in [1.29, 1.82) is 0 Å². The highest BCUT2D eigenvalue weighted by atomic mass is 19.1. The van der Waals surface area contributed by atoms with Crippen LogP contribution in [0.4, 0.5) is 15.8 Å². The lowest BCUT2D eigenvalue weighted by molar-refractivity contribution is 0.102. The second kappa shape index (κ2) is 4.25. The van der Waals surface area contributed by atoms with Crippen LogP contribution in [-0.4, -0.2) is 11.1 Å². The highest BCUT2D eigenvalue weighted by molar-refractivity contribution is 6.04. The fraction of sp³-hybridized carbons (Fsp3) is 0.0909. The smallest absolute Gasteiger partial charge is 0.258 e. The van der Waals surface area contributed by atoms with Crippen molar-refractivity contribution in [3.8, 4) is 0 Å². The van der Waals surface area contributed by atoms with E-state index in [1.807, 2.05) is 0 Å². The minimum atomic E-state index is -0.596. The SMILES string of the molecule is Cc1cc(N)cc(C(=O)Nc2cnoc2)c1F. The molecule has 1 aromatic heterocycles. The normalized spacial score (nSPS) is 10.2. The molecule has 1 heterocycles. The summed E-state index contributed by atoms with van der Waals surface area (Å²) in [7, 11) is 0. The van der Waals surface area contributed by atoms with Crippen LogP contribution in [-0.2, 0) is 0 Å². The van der Waals surface area contributed by atoms with Crippen LogP contribution in [0.1, 0.15) is 15.9 Å². The zero-order valence-corrected chi connectivity index (χ0v) is 9.03. The molecule has 0 aliphatic carbocycles. The van der Waals surface area contributed by atoms with Crippen LogP contribution in [0.3, 0.4) is 0 Å². The van der Waals surface area contributed by atoms with Gasteiger partial charge in [-0.05, 0) is 24.6 Å². The lowest BCUT2D eigenvalue weighted by Gasteiger charge is -2.06. The highest BCUT2D eigenvalue weighted by Crippen LogP contribution is 2.18. The molecule has 2 aromatic rings. The zero-order valence-electron chi connectivity index (χ0n) is 9.03. The van der Waals surface area contributed by atoms with E-state index < -0.39 is 11.7 Å². The quantitative estimate of drug-likeness (QED) is 0.779. The molecule has 17 heavy (non-hydrogen) atoms. The maximum absolute atomic E-state index is 13.7. The topological polar surface area (TPSA) is 81.2 Å². The number of carbonyl (C=O) groups is 1. The Balaban J connectivity index is 2.31. The van der Waals surface area contributed by atoms with Crippen LogP contribution in [0.5, 0.6) is 0 Å². The predicted octanol–water partition coefficient (Wildman–Crippen LogP) is 1.96. The minimum absolute atomic E-state index is 0.108. The van der Waals surface area contributed by atoms with E-state index in [0.717, 1.165) is 0 Å². The van der Waals surface area contributed by atoms with Crippen molar-refractivity contribution in [2.24, 2.45) is 0 Å². The first-order chi connectivity index (χ1) is 8.08. The van der Waals surface area contributed by atoms with Gasteiger partial charge in [0, 0.05) is 5.69 Å². The van der Waals surface area contributed by atoms with E-state index in [1.54, 1.807) is 6.92 Å². The number of nitrogen functional groups attached to an aromatic ring is 1. The third-order valence-electron chi connectivity index (χ3n) is 2.21. The van der Waals surface area contributed by atoms with Gasteiger partial charge in [0.15, 0.2) is 0 Å². The van der Waals surface area contributed by atoms with Gasteiger partial charge in [-0.25, -0.2) is 4.39 Å². The summed E-state index contributed by atoms with van der Waals surface area (Å²) in [6.45, 7) is 1.54. The molecule has 0 saturated heterocycles. The second-order valence-corrected chi connectivity index (χ2v) is 3.57. The van der Waals surface area contributed by atoms with Gasteiger partial charge in [-0.3, -0.25) is 4.79 Å². The Bertz CT molecular complexity index is 552. The number of hydrogen-bond acceptors (Lipinski definition) is 4. The summed E-state index contributed by atoms with van der Waals surface area (Å²) in [5.74, 6) is -1.19. The molecule has 0 fully saturated rings. The molecular formula is C11H10FN3O2. The van der Waals surface area contributed by atoms with Crippen LogP contribution < -0.4 is 11.1 Å². The Labute approximate surface area is 96.4 Å². The molecule has 6 heteroatoms. The highest BCUT2D eigenvalue weighted by Gasteiger charge is 2.15. The number of aryl methyl sites for hydroxylation is 1. The fourth-order valence-corrected chi connectivity index (χ4v) is 1.43. The number of halogens is 1. The van der Waals surface area contributed by atoms with Crippen molar-refractivity contribution >= 4 is 17.3 Å². The summed E-state index contributed by atoms with van der Waals surface area (Å²) in [6.07, 6.45) is 2.56. The number of anilines is 2. The Hall–Kier alpha value is -2.37. The van der Waals surface area contributed by atoms with Gasteiger partial charge in [0.05, 0.1) is 11.8 Å². The van der Waals surface area contributed by atoms with E-state index in [1.165, 1.54) is 24.6 Å². The number of rotatable bonds is 2. The molecular weight excluding hydrogens is 225 g/mol. The average molecular weight is 235 g/mol. The third kappa shape index (κ3) is 2.25. The first-order valence-electron chi connectivity index (χ1n) is 4.84. The molecule has 1 aromatic carbocycles. The van der Waals surface area contributed by atoms with Crippen molar-refractivity contribution in [1.82, 2.24) is 5.16 Å². The first kappa shape index (κ1) is 11.1. The molecule has 0 bridgehead atoms. The maximum atomic E-state index is 13.7. The molecule has 88 valence electrons. The van der Waals surface area contributed by atoms with Gasteiger partial charge in [0.1, 0.15) is 17.8 Å². The van der Waals surface area contributed by atoms with E-state index in [9.17, 15) is 9.18 Å². The Morgan fingerprint density at radius 1 is 1.53 bits per heavy atom. The summed E-state index contributed by atoms with van der Waals surface area (Å²) in [6, 6.07) is 2.75. The summed E-state index contributed by atoms with van der Waals surface area (Å²) < 4.78 is 18.3. The molecule has 0 saturated carbocycles. The second-order valence-electron chi connectivity index (χ2n) is 3.57. The van der Waals surface area contributed by atoms with Crippen LogP contribution in [0, 0.1) is 12.7 Å². The number of aromatic nitrogens is 1. The molecule has 0 atom stereocenters. The number of amides is 1. The van der Waals surface area contributed by atoms with Gasteiger partial charge in [-0.15, -0.1) is 0 Å². The lowest BCUT2D eigenvalue weighted by Crippen LogP contribution is -2.14. The zero-order chi connectivity index (χ0) is 12.4.